The van der Waals surface area contributed by atoms with E-state index in [1.54, 1.807) is 23.3 Å². The van der Waals surface area contributed by atoms with Gasteiger partial charge in [-0.15, -0.1) is 0 Å². The maximum absolute atomic E-state index is 11.3. The molecule has 1 aromatic carbocycles. The average Bonchev–Trinajstić information content (AvgIpc) is 2.98. The molecule has 25 heavy (non-hydrogen) atoms. The van der Waals surface area contributed by atoms with E-state index in [4.69, 9.17) is 28.0 Å². The summed E-state index contributed by atoms with van der Waals surface area (Å²) in [6, 6.07) is 10.8. The zero-order valence-corrected chi connectivity index (χ0v) is 15.0. The third kappa shape index (κ3) is 4.10. The molecule has 1 aliphatic heterocycles. The number of para-hydroxylation sites is 1. The predicted molar refractivity (Wildman–Crippen MR) is 96.8 cm³/mol. The van der Waals surface area contributed by atoms with Gasteiger partial charge in [0, 0.05) is 12.2 Å². The number of hydrogen-bond acceptors (Lipinski definition) is 4. The van der Waals surface area contributed by atoms with Gasteiger partial charge in [0.2, 0.25) is 12.4 Å². The number of amides is 1. The van der Waals surface area contributed by atoms with Gasteiger partial charge < -0.3 is 0 Å². The Bertz CT molecular complexity index is 793. The van der Waals surface area contributed by atoms with Crippen molar-refractivity contribution in [2.75, 3.05) is 13.1 Å². The Labute approximate surface area is 155 Å². The van der Waals surface area contributed by atoms with Crippen LogP contribution in [0.1, 0.15) is 11.4 Å². The van der Waals surface area contributed by atoms with Crippen LogP contribution in [0.5, 0.6) is 0 Å². The molecule has 2 heterocycles. The molecule has 1 amide bonds. The van der Waals surface area contributed by atoms with E-state index in [-0.39, 0.29) is 6.61 Å². The normalized spacial score (nSPS) is 15.9. The lowest BCUT2D eigenvalue weighted by atomic mass is 10.3. The number of rotatable bonds is 5. The summed E-state index contributed by atoms with van der Waals surface area (Å²) >= 11 is 12.3. The Balaban J connectivity index is 1.83. The van der Waals surface area contributed by atoms with Crippen molar-refractivity contribution >= 4 is 41.3 Å². The molecule has 1 saturated heterocycles. The number of aryl methyl sites for hydroxylation is 1. The molecule has 0 saturated carbocycles. The topological polar surface area (TPSA) is 58.0 Å². The fourth-order valence-electron chi connectivity index (χ4n) is 2.40. The van der Waals surface area contributed by atoms with Crippen LogP contribution in [0, 0.1) is 6.92 Å². The van der Waals surface area contributed by atoms with Crippen LogP contribution in [0.4, 0.5) is 5.69 Å². The molecule has 0 aliphatic carbocycles. The van der Waals surface area contributed by atoms with Crippen molar-refractivity contribution in [1.82, 2.24) is 14.9 Å². The first-order valence-corrected chi connectivity index (χ1v) is 8.41. The number of hydrogen-bond donors (Lipinski definition) is 0. The van der Waals surface area contributed by atoms with Crippen LogP contribution in [0.15, 0.2) is 41.4 Å². The largest absolute Gasteiger partial charge is 0.281 e. The van der Waals surface area contributed by atoms with Gasteiger partial charge in [0.05, 0.1) is 22.3 Å². The summed E-state index contributed by atoms with van der Waals surface area (Å²) < 4.78 is 0. The Hall–Kier alpha value is -2.15. The molecule has 0 unspecified atom stereocenters. The molecule has 2 aromatic rings. The fourth-order valence-corrected chi connectivity index (χ4v) is 2.89. The summed E-state index contributed by atoms with van der Waals surface area (Å²) in [5.74, 6) is 0.345. The smallest absolute Gasteiger partial charge is 0.233 e. The molecular weight excluding hydrogens is 363 g/mol. The van der Waals surface area contributed by atoms with Gasteiger partial charge in [-0.05, 0) is 31.2 Å². The fraction of sp³-hybridized carbons (Fsp3) is 0.235. The van der Waals surface area contributed by atoms with E-state index in [1.165, 1.54) is 4.90 Å². The van der Waals surface area contributed by atoms with Crippen LogP contribution in [0.25, 0.3) is 0 Å². The molecule has 0 spiro atoms. The van der Waals surface area contributed by atoms with E-state index in [0.717, 1.165) is 11.4 Å². The quantitative estimate of drug-likeness (QED) is 0.745. The van der Waals surface area contributed by atoms with E-state index in [9.17, 15) is 4.79 Å². The number of hydroxylamine groups is 2. The summed E-state index contributed by atoms with van der Waals surface area (Å²) in [6.07, 6.45) is 0.706. The lowest BCUT2D eigenvalue weighted by Gasteiger charge is -2.19. The van der Waals surface area contributed by atoms with Crippen molar-refractivity contribution in [1.29, 1.82) is 0 Å². The lowest BCUT2D eigenvalue weighted by Crippen LogP contribution is -2.32. The van der Waals surface area contributed by atoms with Crippen molar-refractivity contribution in [3.05, 3.63) is 57.8 Å². The highest BCUT2D eigenvalue weighted by molar-refractivity contribution is 6.38. The van der Waals surface area contributed by atoms with Crippen LogP contribution in [-0.4, -0.2) is 40.4 Å². The van der Waals surface area contributed by atoms with Crippen LogP contribution < -0.4 is 0 Å². The third-order valence-corrected chi connectivity index (χ3v) is 4.22. The summed E-state index contributed by atoms with van der Waals surface area (Å²) in [5.41, 5.74) is 2.10. The van der Waals surface area contributed by atoms with Gasteiger partial charge in [-0.3, -0.25) is 19.5 Å². The van der Waals surface area contributed by atoms with Crippen LogP contribution in [-0.2, 0) is 16.2 Å². The highest BCUT2D eigenvalue weighted by atomic mass is 35.5. The molecular formula is C17H16Cl2N4O2. The minimum Gasteiger partial charge on any atom is -0.281 e. The van der Waals surface area contributed by atoms with Gasteiger partial charge in [-0.1, -0.05) is 35.3 Å². The highest BCUT2D eigenvalue weighted by Gasteiger charge is 2.28. The van der Waals surface area contributed by atoms with Gasteiger partial charge in [0.15, 0.2) is 0 Å². The van der Waals surface area contributed by atoms with E-state index < -0.39 is 0 Å². The van der Waals surface area contributed by atoms with Crippen molar-refractivity contribution in [3.63, 3.8) is 0 Å². The van der Waals surface area contributed by atoms with E-state index in [2.05, 4.69) is 9.98 Å². The Morgan fingerprint density at radius 2 is 1.92 bits per heavy atom. The monoisotopic (exact) mass is 378 g/mol. The van der Waals surface area contributed by atoms with Gasteiger partial charge in [0.25, 0.3) is 0 Å². The average molecular weight is 379 g/mol. The van der Waals surface area contributed by atoms with Crippen molar-refractivity contribution in [2.45, 2.75) is 13.5 Å². The number of nitrogens with zero attached hydrogens (tertiary/aromatic N) is 4. The first-order valence-electron chi connectivity index (χ1n) is 7.66. The maximum Gasteiger partial charge on any atom is 0.233 e. The van der Waals surface area contributed by atoms with E-state index in [0.29, 0.717) is 41.2 Å². The van der Waals surface area contributed by atoms with Gasteiger partial charge in [-0.2, -0.15) is 0 Å². The summed E-state index contributed by atoms with van der Waals surface area (Å²) in [4.78, 5) is 27.4. The number of aliphatic imine (C=N–C) groups is 1. The highest BCUT2D eigenvalue weighted by Crippen LogP contribution is 2.33. The molecule has 1 aromatic heterocycles. The predicted octanol–water partition coefficient (Wildman–Crippen LogP) is 3.59. The summed E-state index contributed by atoms with van der Waals surface area (Å²) in [7, 11) is 0. The van der Waals surface area contributed by atoms with E-state index >= 15 is 0 Å². The lowest BCUT2D eigenvalue weighted by molar-refractivity contribution is -0.115. The zero-order valence-electron chi connectivity index (χ0n) is 13.5. The molecule has 8 heteroatoms. The number of carbonyl (C=O) groups excluding carboxylic acids is 1. The first kappa shape index (κ1) is 17.7. The molecule has 0 radical (unpaired) electrons. The van der Waals surface area contributed by atoms with E-state index in [1.807, 2.05) is 25.1 Å². The minimum absolute atomic E-state index is 0.268. The number of halogens is 2. The number of pyridine rings is 1. The molecule has 0 atom stereocenters. The molecule has 3 rings (SSSR count). The number of carbonyl (C=O) groups is 1. The molecule has 1 aliphatic rings. The van der Waals surface area contributed by atoms with Crippen LogP contribution in [0.2, 0.25) is 10.0 Å². The Kier molecular flexibility index (Phi) is 5.53. The van der Waals surface area contributed by atoms with Crippen molar-refractivity contribution in [3.8, 4) is 0 Å². The molecule has 0 bridgehead atoms. The number of benzene rings is 1. The Morgan fingerprint density at radius 3 is 2.60 bits per heavy atom. The second kappa shape index (κ2) is 7.82. The minimum atomic E-state index is 0.268. The van der Waals surface area contributed by atoms with Crippen LogP contribution in [0.3, 0.4) is 0 Å². The van der Waals surface area contributed by atoms with Crippen LogP contribution >= 0.6 is 23.2 Å². The van der Waals surface area contributed by atoms with Crippen molar-refractivity contribution in [2.24, 2.45) is 4.99 Å². The maximum atomic E-state index is 11.3. The second-order valence-corrected chi connectivity index (χ2v) is 6.24. The Morgan fingerprint density at radius 1 is 1.20 bits per heavy atom. The van der Waals surface area contributed by atoms with Gasteiger partial charge >= 0.3 is 0 Å². The summed E-state index contributed by atoms with van der Waals surface area (Å²) in [6.45, 7) is 3.14. The summed E-state index contributed by atoms with van der Waals surface area (Å²) in [5, 5.41) is 2.36. The molecule has 130 valence electrons. The number of guanidine groups is 1. The van der Waals surface area contributed by atoms with Crippen molar-refractivity contribution < 1.29 is 9.63 Å². The SMILES string of the molecule is Cc1cccc(CON2CCN(C=O)C2=Nc2c(Cl)cccc2Cl)n1. The third-order valence-electron chi connectivity index (χ3n) is 3.61. The molecule has 0 N–H and O–H groups in total. The first-order chi connectivity index (χ1) is 12.1. The second-order valence-electron chi connectivity index (χ2n) is 5.43. The number of aromatic nitrogens is 1. The molecule has 1 fully saturated rings. The standard InChI is InChI=1S/C17H16Cl2N4O2/c1-12-4-2-5-13(20-12)10-25-23-9-8-22(11-24)17(23)21-16-14(18)6-3-7-15(16)19/h2-7,11H,8-10H2,1H3. The molecule has 6 nitrogen and oxygen atoms in total. The van der Waals surface area contributed by atoms with Gasteiger partial charge in [0.1, 0.15) is 12.3 Å². The van der Waals surface area contributed by atoms with Gasteiger partial charge in [-0.25, -0.2) is 10.1 Å². The zero-order chi connectivity index (χ0) is 17.8.